The summed E-state index contributed by atoms with van der Waals surface area (Å²) >= 11 is 0. The monoisotopic (exact) mass is 292 g/mol. The van der Waals surface area contributed by atoms with Crippen molar-refractivity contribution in [2.45, 2.75) is 51.6 Å². The SMILES string of the molecule is CCCC(C)(C)NC(=O)N[C@H](Cc1ccccc1)C(=O)O. The maximum absolute atomic E-state index is 12.0. The van der Waals surface area contributed by atoms with Gasteiger partial charge in [-0.25, -0.2) is 9.59 Å². The maximum atomic E-state index is 12.0. The first-order chi connectivity index (χ1) is 9.84. The fraction of sp³-hybridized carbons (Fsp3) is 0.500. The number of carboxylic acids is 1. The molecule has 21 heavy (non-hydrogen) atoms. The summed E-state index contributed by atoms with van der Waals surface area (Å²) in [5.41, 5.74) is 0.521. The molecule has 1 aromatic carbocycles. The van der Waals surface area contributed by atoms with Crippen LogP contribution in [0.1, 0.15) is 39.2 Å². The van der Waals surface area contributed by atoms with Crippen LogP contribution in [0, 0.1) is 0 Å². The molecule has 0 spiro atoms. The van der Waals surface area contributed by atoms with Crippen LogP contribution in [-0.4, -0.2) is 28.7 Å². The van der Waals surface area contributed by atoms with Gasteiger partial charge in [-0.05, 0) is 25.8 Å². The highest BCUT2D eigenvalue weighted by atomic mass is 16.4. The first kappa shape index (κ1) is 17.0. The molecule has 0 unspecified atom stereocenters. The van der Waals surface area contributed by atoms with E-state index in [0.29, 0.717) is 0 Å². The van der Waals surface area contributed by atoms with Gasteiger partial charge in [0.15, 0.2) is 0 Å². The quantitative estimate of drug-likeness (QED) is 0.722. The number of carboxylic acid groups (broad SMARTS) is 1. The molecule has 0 saturated carbocycles. The van der Waals surface area contributed by atoms with Crippen molar-refractivity contribution in [3.05, 3.63) is 35.9 Å². The predicted molar refractivity (Wildman–Crippen MR) is 82.2 cm³/mol. The molecule has 2 amide bonds. The highest BCUT2D eigenvalue weighted by Crippen LogP contribution is 2.10. The zero-order valence-electron chi connectivity index (χ0n) is 12.8. The third kappa shape index (κ3) is 6.29. The lowest BCUT2D eigenvalue weighted by Gasteiger charge is -2.27. The molecule has 0 radical (unpaired) electrons. The number of benzene rings is 1. The van der Waals surface area contributed by atoms with Gasteiger partial charge >= 0.3 is 12.0 Å². The fourth-order valence-corrected chi connectivity index (χ4v) is 2.24. The molecule has 0 fully saturated rings. The van der Waals surface area contributed by atoms with E-state index >= 15 is 0 Å². The fourth-order valence-electron chi connectivity index (χ4n) is 2.24. The zero-order valence-corrected chi connectivity index (χ0v) is 12.8. The number of aliphatic carboxylic acids is 1. The summed E-state index contributed by atoms with van der Waals surface area (Å²) in [6.07, 6.45) is 2.04. The van der Waals surface area contributed by atoms with E-state index in [1.165, 1.54) is 0 Å². The Hall–Kier alpha value is -2.04. The van der Waals surface area contributed by atoms with Gasteiger partial charge in [0.05, 0.1) is 0 Å². The molecule has 0 aliphatic heterocycles. The van der Waals surface area contributed by atoms with E-state index in [1.807, 2.05) is 51.1 Å². The smallest absolute Gasteiger partial charge is 0.326 e. The molecule has 0 saturated heterocycles. The Kier molecular flexibility index (Phi) is 6.21. The Bertz CT molecular complexity index is 472. The molecule has 5 nitrogen and oxygen atoms in total. The second-order valence-electron chi connectivity index (χ2n) is 5.81. The molecular weight excluding hydrogens is 268 g/mol. The van der Waals surface area contributed by atoms with Crippen LogP contribution in [0.5, 0.6) is 0 Å². The van der Waals surface area contributed by atoms with E-state index in [-0.39, 0.29) is 12.0 Å². The number of rotatable bonds is 7. The van der Waals surface area contributed by atoms with Crippen molar-refractivity contribution < 1.29 is 14.7 Å². The minimum Gasteiger partial charge on any atom is -0.480 e. The second-order valence-corrected chi connectivity index (χ2v) is 5.81. The van der Waals surface area contributed by atoms with Gasteiger partial charge in [0.25, 0.3) is 0 Å². The van der Waals surface area contributed by atoms with E-state index in [9.17, 15) is 14.7 Å². The van der Waals surface area contributed by atoms with E-state index < -0.39 is 18.0 Å². The summed E-state index contributed by atoms with van der Waals surface area (Å²) in [5.74, 6) is -1.04. The lowest BCUT2D eigenvalue weighted by Crippen LogP contribution is -2.53. The lowest BCUT2D eigenvalue weighted by molar-refractivity contribution is -0.139. The van der Waals surface area contributed by atoms with Crippen LogP contribution in [0.15, 0.2) is 30.3 Å². The number of urea groups is 1. The third-order valence-electron chi connectivity index (χ3n) is 3.21. The van der Waals surface area contributed by atoms with Gasteiger partial charge in [0, 0.05) is 12.0 Å². The molecule has 116 valence electrons. The predicted octanol–water partition coefficient (Wildman–Crippen LogP) is 2.56. The van der Waals surface area contributed by atoms with E-state index in [4.69, 9.17) is 0 Å². The maximum Gasteiger partial charge on any atom is 0.326 e. The van der Waals surface area contributed by atoms with Crippen molar-refractivity contribution in [1.29, 1.82) is 0 Å². The summed E-state index contributed by atoms with van der Waals surface area (Å²) in [6.45, 7) is 5.88. The molecule has 1 aromatic rings. The normalized spacial score (nSPS) is 12.5. The Morgan fingerprint density at radius 3 is 2.38 bits per heavy atom. The minimum absolute atomic E-state index is 0.262. The highest BCUT2D eigenvalue weighted by molar-refractivity contribution is 5.83. The molecular formula is C16H24N2O3. The van der Waals surface area contributed by atoms with Crippen LogP contribution < -0.4 is 10.6 Å². The minimum atomic E-state index is -1.04. The number of hydrogen-bond donors (Lipinski definition) is 3. The average molecular weight is 292 g/mol. The standard InChI is InChI=1S/C16H24N2O3/c1-4-10-16(2,3)18-15(21)17-13(14(19)20)11-12-8-6-5-7-9-12/h5-9,13H,4,10-11H2,1-3H3,(H,19,20)(H2,17,18,21)/t13-/m1/s1. The van der Waals surface area contributed by atoms with Crippen LogP contribution >= 0.6 is 0 Å². The van der Waals surface area contributed by atoms with E-state index in [0.717, 1.165) is 18.4 Å². The van der Waals surface area contributed by atoms with E-state index in [2.05, 4.69) is 10.6 Å². The van der Waals surface area contributed by atoms with Crippen molar-refractivity contribution in [2.24, 2.45) is 0 Å². The summed E-state index contributed by atoms with van der Waals surface area (Å²) in [7, 11) is 0. The molecule has 1 atom stereocenters. The topological polar surface area (TPSA) is 78.4 Å². The molecule has 0 aliphatic carbocycles. The van der Waals surface area contributed by atoms with Gasteiger partial charge in [-0.3, -0.25) is 0 Å². The largest absolute Gasteiger partial charge is 0.480 e. The summed E-state index contributed by atoms with van der Waals surface area (Å²) in [6, 6.07) is 7.86. The van der Waals surface area contributed by atoms with Gasteiger partial charge in [-0.2, -0.15) is 0 Å². The zero-order chi connectivity index (χ0) is 15.9. The molecule has 3 N–H and O–H groups in total. The van der Waals surface area contributed by atoms with Crippen LogP contribution in [0.4, 0.5) is 4.79 Å². The van der Waals surface area contributed by atoms with Crippen LogP contribution in [-0.2, 0) is 11.2 Å². The molecule has 0 bridgehead atoms. The Balaban J connectivity index is 2.62. The van der Waals surface area contributed by atoms with Gasteiger partial charge in [0.1, 0.15) is 6.04 Å². The van der Waals surface area contributed by atoms with Crippen LogP contribution in [0.25, 0.3) is 0 Å². The van der Waals surface area contributed by atoms with Gasteiger partial charge in [0.2, 0.25) is 0 Å². The van der Waals surface area contributed by atoms with Gasteiger partial charge in [-0.1, -0.05) is 43.7 Å². The van der Waals surface area contributed by atoms with Crippen molar-refractivity contribution in [1.82, 2.24) is 10.6 Å². The number of carbonyl (C=O) groups excluding carboxylic acids is 1. The summed E-state index contributed by atoms with van der Waals surface area (Å²) in [4.78, 5) is 23.2. The number of carbonyl (C=O) groups is 2. The number of hydrogen-bond acceptors (Lipinski definition) is 2. The van der Waals surface area contributed by atoms with Crippen molar-refractivity contribution >= 4 is 12.0 Å². The molecule has 1 rings (SSSR count). The number of amides is 2. The van der Waals surface area contributed by atoms with Gasteiger partial charge < -0.3 is 15.7 Å². The Morgan fingerprint density at radius 2 is 1.86 bits per heavy atom. The first-order valence-electron chi connectivity index (χ1n) is 7.19. The molecule has 0 aliphatic rings. The average Bonchev–Trinajstić information content (AvgIpc) is 2.38. The third-order valence-corrected chi connectivity index (χ3v) is 3.21. The second kappa shape index (κ2) is 7.67. The molecule has 0 aromatic heterocycles. The molecule has 0 heterocycles. The van der Waals surface area contributed by atoms with Crippen molar-refractivity contribution in [3.8, 4) is 0 Å². The van der Waals surface area contributed by atoms with Crippen molar-refractivity contribution in [3.63, 3.8) is 0 Å². The Morgan fingerprint density at radius 1 is 1.24 bits per heavy atom. The lowest BCUT2D eigenvalue weighted by atomic mass is 9.99. The summed E-state index contributed by atoms with van der Waals surface area (Å²) < 4.78 is 0. The van der Waals surface area contributed by atoms with Crippen LogP contribution in [0.3, 0.4) is 0 Å². The highest BCUT2D eigenvalue weighted by Gasteiger charge is 2.24. The van der Waals surface area contributed by atoms with Crippen LogP contribution in [0.2, 0.25) is 0 Å². The van der Waals surface area contributed by atoms with E-state index in [1.54, 1.807) is 0 Å². The Labute approximate surface area is 125 Å². The van der Waals surface area contributed by atoms with Gasteiger partial charge in [-0.15, -0.1) is 0 Å². The first-order valence-corrected chi connectivity index (χ1v) is 7.19. The summed E-state index contributed by atoms with van der Waals surface area (Å²) in [5, 5.41) is 14.6. The van der Waals surface area contributed by atoms with Crippen molar-refractivity contribution in [2.75, 3.05) is 0 Å². The number of nitrogens with one attached hydrogen (secondary N) is 2. The molecule has 5 heteroatoms.